The molecule has 80 valence electrons. The fourth-order valence-electron chi connectivity index (χ4n) is 1.19. The molecule has 2 rings (SSSR count). The Morgan fingerprint density at radius 1 is 1.47 bits per heavy atom. The third-order valence-corrected chi connectivity index (χ3v) is 2.71. The van der Waals surface area contributed by atoms with Crippen LogP contribution in [0.4, 0.5) is 0 Å². The second-order valence-electron chi connectivity index (χ2n) is 2.90. The van der Waals surface area contributed by atoms with Crippen LogP contribution in [0.25, 0.3) is 11.4 Å². The van der Waals surface area contributed by atoms with Crippen LogP contribution in [0.2, 0.25) is 0 Å². The smallest absolute Gasteiger partial charge is 0.273 e. The van der Waals surface area contributed by atoms with E-state index in [1.807, 2.05) is 0 Å². The molecule has 2 aromatic rings. The van der Waals surface area contributed by atoms with Gasteiger partial charge in [-0.2, -0.15) is 5.10 Å². The van der Waals surface area contributed by atoms with Crippen LogP contribution < -0.4 is 5.14 Å². The minimum atomic E-state index is -3.84. The lowest BCUT2D eigenvalue weighted by Gasteiger charge is -1.98. The Kier molecular flexibility index (Phi) is 2.05. The summed E-state index contributed by atoms with van der Waals surface area (Å²) in [6.07, 6.45) is 3.09. The fraction of sp³-hybridized carbons (Fsp3) is 0.167. The van der Waals surface area contributed by atoms with E-state index in [1.54, 1.807) is 6.20 Å². The first-order chi connectivity index (χ1) is 7.00. The van der Waals surface area contributed by atoms with Crippen molar-refractivity contribution in [1.29, 1.82) is 0 Å². The highest BCUT2D eigenvalue weighted by Crippen LogP contribution is 2.16. The van der Waals surface area contributed by atoms with Gasteiger partial charge in [-0.05, 0) is 0 Å². The molecule has 0 aliphatic rings. The van der Waals surface area contributed by atoms with Gasteiger partial charge in [0.25, 0.3) is 15.2 Å². The van der Waals surface area contributed by atoms with Gasteiger partial charge < -0.3 is 0 Å². The van der Waals surface area contributed by atoms with Crippen molar-refractivity contribution in [1.82, 2.24) is 25.0 Å². The van der Waals surface area contributed by atoms with Gasteiger partial charge in [0.05, 0.1) is 11.8 Å². The predicted octanol–water partition coefficient (Wildman–Crippen LogP) is -1.15. The Morgan fingerprint density at radius 3 is 2.67 bits per heavy atom. The van der Waals surface area contributed by atoms with Gasteiger partial charge in [-0.15, -0.1) is 10.2 Å². The summed E-state index contributed by atoms with van der Waals surface area (Å²) in [5.41, 5.74) is 0.639. The van der Waals surface area contributed by atoms with Gasteiger partial charge in [-0.1, -0.05) is 0 Å². The molecule has 15 heavy (non-hydrogen) atoms. The number of nitrogens with one attached hydrogen (secondary N) is 1. The van der Waals surface area contributed by atoms with Crippen molar-refractivity contribution >= 4 is 10.0 Å². The lowest BCUT2D eigenvalue weighted by atomic mass is 10.3. The van der Waals surface area contributed by atoms with Gasteiger partial charge in [0.15, 0.2) is 5.82 Å². The molecule has 0 radical (unpaired) electrons. The van der Waals surface area contributed by atoms with E-state index in [0.717, 1.165) is 0 Å². The first-order valence-electron chi connectivity index (χ1n) is 3.91. The molecule has 0 aromatic carbocycles. The average Bonchev–Trinajstić information content (AvgIpc) is 2.69. The number of aromatic amines is 1. The number of H-pyrrole nitrogens is 1. The summed E-state index contributed by atoms with van der Waals surface area (Å²) in [6, 6.07) is 0. The number of hydrogen-bond donors (Lipinski definition) is 2. The zero-order chi connectivity index (χ0) is 11.1. The Labute approximate surface area is 85.2 Å². The summed E-state index contributed by atoms with van der Waals surface area (Å²) >= 11 is 0. The Morgan fingerprint density at radius 2 is 2.20 bits per heavy atom. The van der Waals surface area contributed by atoms with Crippen LogP contribution in [0.5, 0.6) is 0 Å². The van der Waals surface area contributed by atoms with Gasteiger partial charge in [-0.25, -0.2) is 13.6 Å². The van der Waals surface area contributed by atoms with Gasteiger partial charge in [0.2, 0.25) is 0 Å². The van der Waals surface area contributed by atoms with Crippen LogP contribution in [0, 0.1) is 0 Å². The normalized spacial score (nSPS) is 11.9. The van der Waals surface area contributed by atoms with Crippen LogP contribution in [0.3, 0.4) is 0 Å². The fourth-order valence-corrected chi connectivity index (χ4v) is 1.81. The molecule has 2 aromatic heterocycles. The number of nitrogens with two attached hydrogens (primary N) is 1. The maximum Gasteiger partial charge on any atom is 0.273 e. The summed E-state index contributed by atoms with van der Waals surface area (Å²) < 4.78 is 23.4. The number of aromatic nitrogens is 5. The lowest BCUT2D eigenvalue weighted by Crippen LogP contribution is -2.17. The van der Waals surface area contributed by atoms with E-state index in [1.165, 1.54) is 17.8 Å². The zero-order valence-corrected chi connectivity index (χ0v) is 8.56. The van der Waals surface area contributed by atoms with Gasteiger partial charge >= 0.3 is 0 Å². The van der Waals surface area contributed by atoms with E-state index < -0.39 is 10.0 Å². The lowest BCUT2D eigenvalue weighted by molar-refractivity contribution is 0.580. The minimum Gasteiger partial charge on any atom is -0.300 e. The second kappa shape index (κ2) is 3.14. The maximum absolute atomic E-state index is 11.1. The van der Waals surface area contributed by atoms with Crippen LogP contribution >= 0.6 is 0 Å². The number of primary sulfonamides is 1. The molecular formula is C6H8N6O2S. The number of nitrogens with zero attached hydrogens (tertiary/aromatic N) is 4. The number of sulfonamides is 1. The largest absolute Gasteiger partial charge is 0.300 e. The molecule has 8 nitrogen and oxygen atoms in total. The van der Waals surface area contributed by atoms with Crippen molar-refractivity contribution in [3.63, 3.8) is 0 Å². The molecule has 0 saturated heterocycles. The molecular weight excluding hydrogens is 220 g/mol. The molecule has 0 saturated carbocycles. The van der Waals surface area contributed by atoms with Crippen molar-refractivity contribution in [2.45, 2.75) is 5.16 Å². The van der Waals surface area contributed by atoms with Crippen LogP contribution in [0.1, 0.15) is 0 Å². The summed E-state index contributed by atoms with van der Waals surface area (Å²) in [4.78, 5) is 0. The molecule has 9 heteroatoms. The van der Waals surface area contributed by atoms with Crippen LogP contribution in [-0.4, -0.2) is 33.4 Å². The molecule has 2 heterocycles. The van der Waals surface area contributed by atoms with Crippen molar-refractivity contribution in [3.05, 3.63) is 12.4 Å². The summed E-state index contributed by atoms with van der Waals surface area (Å²) in [7, 11) is -2.33. The summed E-state index contributed by atoms with van der Waals surface area (Å²) in [5.74, 6) is 0.382. The van der Waals surface area contributed by atoms with E-state index in [9.17, 15) is 8.42 Å². The third-order valence-electron chi connectivity index (χ3n) is 1.85. The quantitative estimate of drug-likeness (QED) is 0.672. The van der Waals surface area contributed by atoms with Gasteiger partial charge in [0.1, 0.15) is 0 Å². The van der Waals surface area contributed by atoms with E-state index in [-0.39, 0.29) is 5.16 Å². The zero-order valence-electron chi connectivity index (χ0n) is 7.75. The first kappa shape index (κ1) is 9.80. The second-order valence-corrected chi connectivity index (χ2v) is 4.35. The molecule has 3 N–H and O–H groups in total. The minimum absolute atomic E-state index is 0.279. The van der Waals surface area contributed by atoms with Crippen molar-refractivity contribution in [3.8, 4) is 11.4 Å². The number of rotatable bonds is 2. The van der Waals surface area contributed by atoms with E-state index in [4.69, 9.17) is 5.14 Å². The van der Waals surface area contributed by atoms with Gasteiger partial charge in [-0.3, -0.25) is 9.67 Å². The highest BCUT2D eigenvalue weighted by Gasteiger charge is 2.19. The Hall–Kier alpha value is -1.74. The van der Waals surface area contributed by atoms with Crippen LogP contribution in [-0.2, 0) is 17.1 Å². The van der Waals surface area contributed by atoms with E-state index >= 15 is 0 Å². The Balaban J connectivity index is 2.60. The standard InChI is InChI=1S/C6H8N6O2S/c1-12-5(4-2-8-9-3-4)10-11-6(12)15(7,13)14/h2-3H,1H3,(H,8,9)(H2,7,13,14). The predicted molar refractivity (Wildman–Crippen MR) is 50.0 cm³/mol. The molecule has 0 atom stereocenters. The summed E-state index contributed by atoms with van der Waals surface area (Å²) in [5, 5.41) is 18.2. The van der Waals surface area contributed by atoms with Gasteiger partial charge in [0, 0.05) is 13.2 Å². The SMILES string of the molecule is Cn1c(-c2cn[nH]c2)nnc1S(N)(=O)=O. The molecule has 0 aliphatic heterocycles. The highest BCUT2D eigenvalue weighted by atomic mass is 32.2. The molecule has 0 amide bonds. The van der Waals surface area contributed by atoms with Crippen molar-refractivity contribution in [2.24, 2.45) is 12.2 Å². The highest BCUT2D eigenvalue weighted by molar-refractivity contribution is 7.89. The Bertz CT molecular complexity index is 569. The molecule has 0 bridgehead atoms. The maximum atomic E-state index is 11.1. The molecule has 0 spiro atoms. The summed E-state index contributed by atoms with van der Waals surface area (Å²) in [6.45, 7) is 0. The molecule has 0 fully saturated rings. The molecule has 0 unspecified atom stereocenters. The van der Waals surface area contributed by atoms with Crippen LogP contribution in [0.15, 0.2) is 17.6 Å². The van der Waals surface area contributed by atoms with E-state index in [0.29, 0.717) is 11.4 Å². The van der Waals surface area contributed by atoms with Crippen molar-refractivity contribution < 1.29 is 8.42 Å². The molecule has 0 aliphatic carbocycles. The topological polar surface area (TPSA) is 120 Å². The third kappa shape index (κ3) is 1.62. The number of hydrogen-bond acceptors (Lipinski definition) is 5. The van der Waals surface area contributed by atoms with E-state index in [2.05, 4.69) is 20.4 Å². The first-order valence-corrected chi connectivity index (χ1v) is 5.46. The van der Waals surface area contributed by atoms with Crippen molar-refractivity contribution in [2.75, 3.05) is 0 Å². The average molecular weight is 228 g/mol. The monoisotopic (exact) mass is 228 g/mol.